The van der Waals surface area contributed by atoms with Crippen molar-refractivity contribution in [2.75, 3.05) is 27.0 Å². The zero-order valence-corrected chi connectivity index (χ0v) is 15.7. The minimum absolute atomic E-state index is 0.0588. The second-order valence-corrected chi connectivity index (χ2v) is 7.90. The first-order valence-electron chi connectivity index (χ1n) is 8.01. The van der Waals surface area contributed by atoms with Crippen LogP contribution in [0.4, 0.5) is 0 Å². The molecule has 0 saturated carbocycles. The van der Waals surface area contributed by atoms with E-state index in [0.717, 1.165) is 36.1 Å². The second-order valence-electron chi connectivity index (χ2n) is 7.13. The van der Waals surface area contributed by atoms with Crippen LogP contribution in [0, 0.1) is 0 Å². The van der Waals surface area contributed by atoms with E-state index in [0.29, 0.717) is 0 Å². The Bertz CT molecular complexity index is 657. The molecule has 0 unspecified atom stereocenters. The number of methoxy groups -OCH3 is 2. The number of aliphatic imine (C=N–C) groups is 1. The SMILES string of the molecule is COc1cc2c(cc1OC)[C@]1(C)CC(C)(C)N=C(SC)N1CC2. The first kappa shape index (κ1) is 16.5. The Labute approximate surface area is 143 Å². The third-order valence-corrected chi connectivity index (χ3v) is 5.66. The molecule has 3 rings (SSSR count). The van der Waals surface area contributed by atoms with Gasteiger partial charge in [-0.1, -0.05) is 11.8 Å². The van der Waals surface area contributed by atoms with Crippen LogP contribution < -0.4 is 9.47 Å². The molecule has 0 spiro atoms. The Morgan fingerprint density at radius 1 is 1.13 bits per heavy atom. The molecule has 1 aromatic carbocycles. The van der Waals surface area contributed by atoms with Gasteiger partial charge in [0.2, 0.25) is 0 Å². The van der Waals surface area contributed by atoms with E-state index in [1.807, 2.05) is 0 Å². The van der Waals surface area contributed by atoms with Crippen LogP contribution in [0.5, 0.6) is 11.5 Å². The van der Waals surface area contributed by atoms with Gasteiger partial charge in [-0.25, -0.2) is 0 Å². The van der Waals surface area contributed by atoms with Crippen molar-refractivity contribution in [2.45, 2.75) is 44.7 Å². The van der Waals surface area contributed by atoms with Gasteiger partial charge in [-0.3, -0.25) is 4.99 Å². The molecule has 0 saturated heterocycles. The highest BCUT2D eigenvalue weighted by Crippen LogP contribution is 2.48. The van der Waals surface area contributed by atoms with Crippen LogP contribution in [-0.4, -0.2) is 42.6 Å². The summed E-state index contributed by atoms with van der Waals surface area (Å²) in [5.74, 6) is 1.62. The normalized spacial score (nSPS) is 25.3. The van der Waals surface area contributed by atoms with Gasteiger partial charge >= 0.3 is 0 Å². The predicted molar refractivity (Wildman–Crippen MR) is 97.0 cm³/mol. The first-order chi connectivity index (χ1) is 10.8. The molecule has 0 fully saturated rings. The van der Waals surface area contributed by atoms with Gasteiger partial charge in [-0.05, 0) is 63.1 Å². The number of benzene rings is 1. The number of thioether (sulfide) groups is 1. The maximum absolute atomic E-state index is 5.55. The van der Waals surface area contributed by atoms with E-state index in [9.17, 15) is 0 Å². The van der Waals surface area contributed by atoms with Crippen molar-refractivity contribution < 1.29 is 9.47 Å². The Kier molecular flexibility index (Phi) is 4.03. The van der Waals surface area contributed by atoms with E-state index in [1.165, 1.54) is 11.1 Å². The van der Waals surface area contributed by atoms with Crippen molar-refractivity contribution in [3.05, 3.63) is 23.3 Å². The van der Waals surface area contributed by atoms with E-state index >= 15 is 0 Å². The fourth-order valence-corrected chi connectivity index (χ4v) is 4.96. The average Bonchev–Trinajstić information content (AvgIpc) is 2.51. The lowest BCUT2D eigenvalue weighted by molar-refractivity contribution is 0.121. The van der Waals surface area contributed by atoms with Gasteiger partial charge in [0, 0.05) is 6.54 Å². The smallest absolute Gasteiger partial charge is 0.161 e. The van der Waals surface area contributed by atoms with E-state index in [-0.39, 0.29) is 11.1 Å². The lowest BCUT2D eigenvalue weighted by Gasteiger charge is -2.53. The zero-order valence-electron chi connectivity index (χ0n) is 14.9. The fraction of sp³-hybridized carbons (Fsp3) is 0.611. The van der Waals surface area contributed by atoms with Crippen molar-refractivity contribution in [1.82, 2.24) is 4.90 Å². The molecule has 0 bridgehead atoms. The summed E-state index contributed by atoms with van der Waals surface area (Å²) in [4.78, 5) is 7.43. The highest BCUT2D eigenvalue weighted by molar-refractivity contribution is 8.13. The van der Waals surface area contributed by atoms with Crippen LogP contribution in [0.25, 0.3) is 0 Å². The lowest BCUT2D eigenvalue weighted by atomic mass is 9.74. The third-order valence-electron chi connectivity index (χ3n) is 4.98. The van der Waals surface area contributed by atoms with Crippen molar-refractivity contribution in [2.24, 2.45) is 4.99 Å². The van der Waals surface area contributed by atoms with Crippen LogP contribution >= 0.6 is 11.8 Å². The fourth-order valence-electron chi connectivity index (χ4n) is 4.11. The third kappa shape index (κ3) is 2.59. The summed E-state index contributed by atoms with van der Waals surface area (Å²) in [6, 6.07) is 4.31. The van der Waals surface area contributed by atoms with Gasteiger partial charge in [-0.2, -0.15) is 0 Å². The van der Waals surface area contributed by atoms with Gasteiger partial charge in [0.1, 0.15) is 0 Å². The summed E-state index contributed by atoms with van der Waals surface area (Å²) in [5, 5.41) is 1.14. The monoisotopic (exact) mass is 334 g/mol. The summed E-state index contributed by atoms with van der Waals surface area (Å²) >= 11 is 1.74. The number of hydrogen-bond donors (Lipinski definition) is 0. The molecule has 2 aliphatic rings. The van der Waals surface area contributed by atoms with E-state index < -0.39 is 0 Å². The topological polar surface area (TPSA) is 34.1 Å². The molecule has 126 valence electrons. The van der Waals surface area contributed by atoms with E-state index in [4.69, 9.17) is 14.5 Å². The van der Waals surface area contributed by atoms with E-state index in [1.54, 1.807) is 26.0 Å². The largest absolute Gasteiger partial charge is 0.493 e. The van der Waals surface area contributed by atoms with Crippen molar-refractivity contribution in [1.29, 1.82) is 0 Å². The molecular formula is C18H26N2O2S. The van der Waals surface area contributed by atoms with Gasteiger partial charge < -0.3 is 14.4 Å². The summed E-state index contributed by atoms with van der Waals surface area (Å²) in [7, 11) is 3.40. The van der Waals surface area contributed by atoms with Crippen molar-refractivity contribution in [3.8, 4) is 11.5 Å². The lowest BCUT2D eigenvalue weighted by Crippen LogP contribution is -2.57. The Morgan fingerprint density at radius 3 is 2.39 bits per heavy atom. The maximum Gasteiger partial charge on any atom is 0.161 e. The highest BCUT2D eigenvalue weighted by Gasteiger charge is 2.47. The van der Waals surface area contributed by atoms with E-state index in [2.05, 4.69) is 44.1 Å². The molecule has 2 aliphatic heterocycles. The number of amidine groups is 1. The quantitative estimate of drug-likeness (QED) is 0.826. The number of nitrogens with zero attached hydrogens (tertiary/aromatic N) is 2. The number of hydrogen-bond acceptors (Lipinski definition) is 5. The predicted octanol–water partition coefficient (Wildman–Crippen LogP) is 3.68. The molecule has 2 heterocycles. The van der Waals surface area contributed by atoms with Crippen LogP contribution in [0.2, 0.25) is 0 Å². The van der Waals surface area contributed by atoms with Gasteiger partial charge in [-0.15, -0.1) is 0 Å². The Morgan fingerprint density at radius 2 is 1.78 bits per heavy atom. The first-order valence-corrected chi connectivity index (χ1v) is 9.24. The summed E-state index contributed by atoms with van der Waals surface area (Å²) < 4.78 is 11.0. The van der Waals surface area contributed by atoms with Crippen molar-refractivity contribution >= 4 is 16.9 Å². The summed E-state index contributed by atoms with van der Waals surface area (Å²) in [6.45, 7) is 7.78. The Balaban J connectivity index is 2.17. The molecule has 23 heavy (non-hydrogen) atoms. The Hall–Kier alpha value is -1.36. The molecule has 0 radical (unpaired) electrons. The van der Waals surface area contributed by atoms with Crippen LogP contribution in [-0.2, 0) is 12.0 Å². The molecule has 0 aliphatic carbocycles. The standard InChI is InChI=1S/C18H26N2O2S/c1-17(2)11-18(3)13-10-15(22-5)14(21-4)9-12(13)7-8-20(18)16(19-17)23-6/h9-10H,7-8,11H2,1-6H3/t18-/m0/s1. The summed E-state index contributed by atoms with van der Waals surface area (Å²) in [6.07, 6.45) is 4.11. The van der Waals surface area contributed by atoms with Crippen LogP contribution in [0.15, 0.2) is 17.1 Å². The van der Waals surface area contributed by atoms with Gasteiger partial charge in [0.25, 0.3) is 0 Å². The molecule has 1 aromatic rings. The van der Waals surface area contributed by atoms with Gasteiger partial charge in [0.05, 0.1) is 25.3 Å². The molecule has 4 nitrogen and oxygen atoms in total. The summed E-state index contributed by atoms with van der Waals surface area (Å²) in [5.41, 5.74) is 2.58. The van der Waals surface area contributed by atoms with Crippen LogP contribution in [0.1, 0.15) is 38.3 Å². The van der Waals surface area contributed by atoms with Crippen LogP contribution in [0.3, 0.4) is 0 Å². The molecule has 0 aromatic heterocycles. The maximum atomic E-state index is 5.55. The minimum atomic E-state index is -0.0641. The molecule has 0 amide bonds. The number of ether oxygens (including phenoxy) is 2. The average molecular weight is 334 g/mol. The highest BCUT2D eigenvalue weighted by atomic mass is 32.2. The zero-order chi connectivity index (χ0) is 16.8. The number of rotatable bonds is 2. The number of fused-ring (bicyclic) bond motifs is 3. The molecule has 5 heteroatoms. The second kappa shape index (κ2) is 5.62. The molecular weight excluding hydrogens is 308 g/mol. The minimum Gasteiger partial charge on any atom is -0.493 e. The molecule has 1 atom stereocenters. The van der Waals surface area contributed by atoms with Crippen molar-refractivity contribution in [3.63, 3.8) is 0 Å². The molecule has 0 N–H and O–H groups in total. The van der Waals surface area contributed by atoms with Gasteiger partial charge in [0.15, 0.2) is 16.7 Å².